The second-order valence-electron chi connectivity index (χ2n) is 8.53. The van der Waals surface area contributed by atoms with E-state index in [2.05, 4.69) is 4.83 Å². The largest absolute Gasteiger partial charge is 0.335 e. The highest BCUT2D eigenvalue weighted by Crippen LogP contribution is 2.22. The Bertz CT molecular complexity index is 1230. The van der Waals surface area contributed by atoms with Gasteiger partial charge in [-0.2, -0.15) is 0 Å². The lowest BCUT2D eigenvalue weighted by atomic mass is 10.0. The number of urea groups is 1. The van der Waals surface area contributed by atoms with Crippen molar-refractivity contribution in [1.29, 1.82) is 0 Å². The summed E-state index contributed by atoms with van der Waals surface area (Å²) in [6.07, 6.45) is 2.88. The molecular formula is C25H30N4O3S. The summed E-state index contributed by atoms with van der Waals surface area (Å²) >= 11 is 0. The molecule has 1 aliphatic heterocycles. The minimum Gasteiger partial charge on any atom is -0.326 e. The van der Waals surface area contributed by atoms with E-state index in [-0.39, 0.29) is 23.5 Å². The third-order valence-corrected chi connectivity index (χ3v) is 7.48. The topological polar surface area (TPSA) is 95.7 Å². The summed E-state index contributed by atoms with van der Waals surface area (Å²) in [6.45, 7) is 3.14. The van der Waals surface area contributed by atoms with Gasteiger partial charge in [0, 0.05) is 19.1 Å². The SMILES string of the molecule is CC1CCCCN1C(=O)N(Cc1ccc(CN)cc1)NS(=O)(=O)c1ccc2ccccc2c1. The van der Waals surface area contributed by atoms with Gasteiger partial charge in [-0.3, -0.25) is 0 Å². The van der Waals surface area contributed by atoms with Gasteiger partial charge < -0.3 is 10.6 Å². The van der Waals surface area contributed by atoms with E-state index in [0.717, 1.165) is 41.2 Å². The molecule has 33 heavy (non-hydrogen) atoms. The standard InChI is InChI=1S/C25H30N4O3S/c1-19-6-4-5-15-28(19)25(30)29(18-21-11-9-20(17-26)10-12-21)27-33(31,32)24-14-13-22-7-2-3-8-23(22)16-24/h2-3,7-14,16,19,27H,4-6,15,17-18,26H2,1H3. The van der Waals surface area contributed by atoms with Crippen molar-refractivity contribution in [3.63, 3.8) is 0 Å². The van der Waals surface area contributed by atoms with Crippen molar-refractivity contribution in [2.45, 2.75) is 50.2 Å². The van der Waals surface area contributed by atoms with Crippen LogP contribution < -0.4 is 10.6 Å². The maximum atomic E-state index is 13.5. The average Bonchev–Trinajstić information content (AvgIpc) is 2.83. The molecule has 3 N–H and O–H groups in total. The lowest BCUT2D eigenvalue weighted by molar-refractivity contribution is 0.111. The number of fused-ring (bicyclic) bond motifs is 1. The van der Waals surface area contributed by atoms with E-state index in [1.165, 1.54) is 5.01 Å². The molecule has 1 heterocycles. The van der Waals surface area contributed by atoms with Gasteiger partial charge in [0.25, 0.3) is 10.0 Å². The zero-order valence-electron chi connectivity index (χ0n) is 18.8. The summed E-state index contributed by atoms with van der Waals surface area (Å²) in [4.78, 5) is 17.9. The molecule has 0 spiro atoms. The second kappa shape index (κ2) is 9.91. The molecule has 1 atom stereocenters. The third kappa shape index (κ3) is 5.35. The number of hydrogen-bond donors (Lipinski definition) is 2. The van der Waals surface area contributed by atoms with Crippen molar-refractivity contribution in [3.8, 4) is 0 Å². The Morgan fingerprint density at radius 3 is 2.42 bits per heavy atom. The van der Waals surface area contributed by atoms with Gasteiger partial charge in [-0.25, -0.2) is 18.2 Å². The molecule has 8 heteroatoms. The number of piperidine rings is 1. The number of sulfonamides is 1. The molecule has 0 radical (unpaired) electrons. The van der Waals surface area contributed by atoms with E-state index < -0.39 is 10.0 Å². The Morgan fingerprint density at radius 1 is 1.03 bits per heavy atom. The number of benzene rings is 3. The fourth-order valence-electron chi connectivity index (χ4n) is 4.17. The van der Waals surface area contributed by atoms with Crippen LogP contribution in [0, 0.1) is 0 Å². The molecular weight excluding hydrogens is 436 g/mol. The smallest absolute Gasteiger partial charge is 0.326 e. The molecule has 7 nitrogen and oxygen atoms in total. The van der Waals surface area contributed by atoms with Crippen LogP contribution in [0.2, 0.25) is 0 Å². The van der Waals surface area contributed by atoms with Crippen molar-refractivity contribution >= 4 is 26.8 Å². The van der Waals surface area contributed by atoms with Gasteiger partial charge in [-0.05, 0) is 60.2 Å². The number of nitrogens with two attached hydrogens (primary N) is 1. The number of hydrogen-bond acceptors (Lipinski definition) is 4. The van der Waals surface area contributed by atoms with Gasteiger partial charge >= 0.3 is 6.03 Å². The summed E-state index contributed by atoms with van der Waals surface area (Å²) in [5.74, 6) is 0. The maximum absolute atomic E-state index is 13.5. The first kappa shape index (κ1) is 23.2. The van der Waals surface area contributed by atoms with Crippen molar-refractivity contribution in [2.75, 3.05) is 6.54 Å². The molecule has 174 valence electrons. The normalized spacial score (nSPS) is 16.7. The van der Waals surface area contributed by atoms with E-state index in [1.54, 1.807) is 23.1 Å². The van der Waals surface area contributed by atoms with Crippen LogP contribution in [0.1, 0.15) is 37.3 Å². The van der Waals surface area contributed by atoms with Crippen molar-refractivity contribution < 1.29 is 13.2 Å². The van der Waals surface area contributed by atoms with Crippen LogP contribution in [0.4, 0.5) is 4.79 Å². The highest BCUT2D eigenvalue weighted by Gasteiger charge is 2.30. The van der Waals surface area contributed by atoms with Crippen LogP contribution in [0.15, 0.2) is 71.6 Å². The van der Waals surface area contributed by atoms with E-state index in [4.69, 9.17) is 5.73 Å². The van der Waals surface area contributed by atoms with Crippen LogP contribution in [-0.2, 0) is 23.1 Å². The monoisotopic (exact) mass is 466 g/mol. The Balaban J connectivity index is 1.63. The molecule has 3 aromatic rings. The molecule has 3 aromatic carbocycles. The Morgan fingerprint density at radius 2 is 1.73 bits per heavy atom. The number of nitrogens with one attached hydrogen (secondary N) is 1. The molecule has 4 rings (SSSR count). The number of nitrogens with zero attached hydrogens (tertiary/aromatic N) is 2. The number of carbonyl (C=O) groups excluding carboxylic acids is 1. The number of amides is 2. The zero-order valence-corrected chi connectivity index (χ0v) is 19.6. The molecule has 0 saturated carbocycles. The minimum absolute atomic E-state index is 0.0542. The molecule has 1 fully saturated rings. The fraction of sp³-hybridized carbons (Fsp3) is 0.320. The molecule has 0 bridgehead atoms. The van der Waals surface area contributed by atoms with Crippen LogP contribution in [-0.4, -0.2) is 36.9 Å². The summed E-state index contributed by atoms with van der Waals surface area (Å²) in [7, 11) is -3.98. The Labute approximate surface area is 195 Å². The lowest BCUT2D eigenvalue weighted by Crippen LogP contribution is -2.54. The second-order valence-corrected chi connectivity index (χ2v) is 10.2. The highest BCUT2D eigenvalue weighted by molar-refractivity contribution is 7.89. The quantitative estimate of drug-likeness (QED) is 0.537. The van der Waals surface area contributed by atoms with E-state index >= 15 is 0 Å². The van der Waals surface area contributed by atoms with E-state index in [1.807, 2.05) is 55.5 Å². The maximum Gasteiger partial charge on any atom is 0.335 e. The van der Waals surface area contributed by atoms with Gasteiger partial charge in [-0.15, -0.1) is 4.83 Å². The molecule has 1 saturated heterocycles. The Kier molecular flexibility index (Phi) is 6.97. The van der Waals surface area contributed by atoms with Crippen molar-refractivity contribution in [3.05, 3.63) is 77.9 Å². The predicted molar refractivity (Wildman–Crippen MR) is 130 cm³/mol. The zero-order chi connectivity index (χ0) is 23.4. The van der Waals surface area contributed by atoms with E-state index in [0.29, 0.717) is 13.1 Å². The minimum atomic E-state index is -3.98. The first-order valence-electron chi connectivity index (χ1n) is 11.2. The number of hydrazine groups is 1. The highest BCUT2D eigenvalue weighted by atomic mass is 32.2. The van der Waals surface area contributed by atoms with Crippen LogP contribution >= 0.6 is 0 Å². The number of rotatable bonds is 6. The first-order valence-corrected chi connectivity index (χ1v) is 12.7. The molecule has 1 aliphatic rings. The van der Waals surface area contributed by atoms with Crippen LogP contribution in [0.5, 0.6) is 0 Å². The van der Waals surface area contributed by atoms with Gasteiger partial charge in [0.2, 0.25) is 0 Å². The number of likely N-dealkylation sites (tertiary alicyclic amines) is 1. The first-order chi connectivity index (χ1) is 15.9. The molecule has 0 aliphatic carbocycles. The van der Waals surface area contributed by atoms with E-state index in [9.17, 15) is 13.2 Å². The fourth-order valence-corrected chi connectivity index (χ4v) is 5.24. The van der Waals surface area contributed by atoms with Gasteiger partial charge in [0.05, 0.1) is 11.4 Å². The van der Waals surface area contributed by atoms with Crippen molar-refractivity contribution in [2.24, 2.45) is 5.73 Å². The van der Waals surface area contributed by atoms with Gasteiger partial charge in [-0.1, -0.05) is 54.6 Å². The molecule has 0 aromatic heterocycles. The molecule has 2 amide bonds. The van der Waals surface area contributed by atoms with Crippen LogP contribution in [0.25, 0.3) is 10.8 Å². The van der Waals surface area contributed by atoms with Crippen molar-refractivity contribution in [1.82, 2.24) is 14.7 Å². The number of carbonyl (C=O) groups is 1. The summed E-state index contributed by atoms with van der Waals surface area (Å²) in [5.41, 5.74) is 7.47. The van der Waals surface area contributed by atoms with Crippen LogP contribution in [0.3, 0.4) is 0 Å². The van der Waals surface area contributed by atoms with Gasteiger partial charge in [0.15, 0.2) is 0 Å². The molecule has 1 unspecified atom stereocenters. The predicted octanol–water partition coefficient (Wildman–Crippen LogP) is 3.99. The summed E-state index contributed by atoms with van der Waals surface area (Å²) in [6, 6.07) is 19.8. The summed E-state index contributed by atoms with van der Waals surface area (Å²) in [5, 5.41) is 2.98. The third-order valence-electron chi connectivity index (χ3n) is 6.14. The average molecular weight is 467 g/mol. The Hall–Kier alpha value is -2.94. The lowest BCUT2D eigenvalue weighted by Gasteiger charge is -2.37. The summed E-state index contributed by atoms with van der Waals surface area (Å²) < 4.78 is 26.6. The van der Waals surface area contributed by atoms with Gasteiger partial charge in [0.1, 0.15) is 0 Å².